The summed E-state index contributed by atoms with van der Waals surface area (Å²) in [6.45, 7) is 6.80. The van der Waals surface area contributed by atoms with E-state index < -0.39 is 17.7 Å². The summed E-state index contributed by atoms with van der Waals surface area (Å²) >= 11 is 0. The van der Waals surface area contributed by atoms with Gasteiger partial charge in [-0.1, -0.05) is 0 Å². The van der Waals surface area contributed by atoms with E-state index in [-0.39, 0.29) is 29.0 Å². The summed E-state index contributed by atoms with van der Waals surface area (Å²) in [5.41, 5.74) is 2.53. The fraction of sp³-hybridized carbons (Fsp3) is 0.353. The Morgan fingerprint density at radius 2 is 1.40 bits per heavy atom. The third kappa shape index (κ3) is 6.32. The van der Waals surface area contributed by atoms with E-state index in [4.69, 9.17) is 20.0 Å². The quantitative estimate of drug-likeness (QED) is 0.478. The Kier molecular flexibility index (Phi) is 7.11. The number of nitrogens with zero attached hydrogens (tertiary/aromatic N) is 3. The number of rotatable bonds is 6. The summed E-state index contributed by atoms with van der Waals surface area (Å²) in [5.74, 6) is -1.25. The van der Waals surface area contributed by atoms with Crippen molar-refractivity contribution in [3.63, 3.8) is 0 Å². The minimum absolute atomic E-state index is 0.111. The minimum atomic E-state index is -0.623. The molecule has 8 heteroatoms. The maximum atomic E-state index is 12.1. The number of ether oxygens (including phenoxy) is 2. The van der Waals surface area contributed by atoms with Crippen LogP contribution < -0.4 is 5.43 Å². The SMILES string of the molecule is CC(C)OC(=O)c1cc(NN=C(C#N)C#N)cc(C(=O)OC(C)C)c1. The third-order valence-corrected chi connectivity index (χ3v) is 2.60. The smallest absolute Gasteiger partial charge is 0.338 e. The zero-order valence-corrected chi connectivity index (χ0v) is 14.4. The van der Waals surface area contributed by atoms with Crippen molar-refractivity contribution in [3.8, 4) is 12.1 Å². The molecule has 8 nitrogen and oxygen atoms in total. The molecule has 0 unspecified atom stereocenters. The fourth-order valence-electron chi connectivity index (χ4n) is 1.69. The molecule has 1 aromatic carbocycles. The molecule has 0 aliphatic rings. The lowest BCUT2D eigenvalue weighted by Gasteiger charge is -2.12. The van der Waals surface area contributed by atoms with Gasteiger partial charge in [-0.05, 0) is 45.9 Å². The molecule has 0 aliphatic heterocycles. The molecular weight excluding hydrogens is 324 g/mol. The van der Waals surface area contributed by atoms with Crippen LogP contribution in [0.15, 0.2) is 23.3 Å². The van der Waals surface area contributed by atoms with E-state index in [0.717, 1.165) is 0 Å². The molecule has 1 rings (SSSR count). The third-order valence-electron chi connectivity index (χ3n) is 2.60. The Hall–Kier alpha value is -3.39. The van der Waals surface area contributed by atoms with Crippen molar-refractivity contribution < 1.29 is 19.1 Å². The van der Waals surface area contributed by atoms with Crippen LogP contribution in [0.4, 0.5) is 5.69 Å². The summed E-state index contributed by atoms with van der Waals surface area (Å²) in [5, 5.41) is 21.0. The second-order valence-corrected chi connectivity index (χ2v) is 5.50. The van der Waals surface area contributed by atoms with E-state index in [1.807, 2.05) is 0 Å². The number of anilines is 1. The minimum Gasteiger partial charge on any atom is -0.459 e. The molecule has 0 spiro atoms. The van der Waals surface area contributed by atoms with E-state index in [0.29, 0.717) is 0 Å². The van der Waals surface area contributed by atoms with Gasteiger partial charge in [0.15, 0.2) is 0 Å². The van der Waals surface area contributed by atoms with Gasteiger partial charge in [0.05, 0.1) is 29.0 Å². The maximum absolute atomic E-state index is 12.1. The van der Waals surface area contributed by atoms with Crippen molar-refractivity contribution in [3.05, 3.63) is 29.3 Å². The highest BCUT2D eigenvalue weighted by atomic mass is 16.5. The highest BCUT2D eigenvalue weighted by molar-refractivity contribution is 6.10. The van der Waals surface area contributed by atoms with E-state index in [9.17, 15) is 9.59 Å². The van der Waals surface area contributed by atoms with Crippen LogP contribution in [0.3, 0.4) is 0 Å². The van der Waals surface area contributed by atoms with E-state index in [1.54, 1.807) is 39.8 Å². The number of carbonyl (C=O) groups excluding carboxylic acids is 2. The molecule has 0 aromatic heterocycles. The number of benzene rings is 1. The molecule has 0 fully saturated rings. The first-order chi connectivity index (χ1) is 11.8. The topological polar surface area (TPSA) is 125 Å². The van der Waals surface area contributed by atoms with Crippen LogP contribution in [0, 0.1) is 22.7 Å². The van der Waals surface area contributed by atoms with Crippen molar-refractivity contribution in [2.45, 2.75) is 39.9 Å². The summed E-state index contributed by atoms with van der Waals surface area (Å²) in [4.78, 5) is 24.2. The van der Waals surface area contributed by atoms with Crippen LogP contribution >= 0.6 is 0 Å². The van der Waals surface area contributed by atoms with Crippen LogP contribution in [0.5, 0.6) is 0 Å². The van der Waals surface area contributed by atoms with Crippen LogP contribution in [-0.2, 0) is 9.47 Å². The van der Waals surface area contributed by atoms with E-state index >= 15 is 0 Å². The number of hydrazone groups is 1. The lowest BCUT2D eigenvalue weighted by Crippen LogP contribution is -2.15. The predicted octanol–water partition coefficient (Wildman–Crippen LogP) is 2.63. The lowest BCUT2D eigenvalue weighted by atomic mass is 10.1. The molecule has 0 saturated heterocycles. The molecule has 1 N–H and O–H groups in total. The molecule has 0 heterocycles. The Morgan fingerprint density at radius 3 is 1.76 bits per heavy atom. The highest BCUT2D eigenvalue weighted by Gasteiger charge is 2.17. The Morgan fingerprint density at radius 1 is 0.960 bits per heavy atom. The van der Waals surface area contributed by atoms with Crippen molar-refractivity contribution in [1.29, 1.82) is 10.5 Å². The Bertz CT molecular complexity index is 714. The summed E-state index contributed by atoms with van der Waals surface area (Å²) in [6, 6.07) is 7.32. The zero-order chi connectivity index (χ0) is 19.0. The molecule has 0 radical (unpaired) electrons. The largest absolute Gasteiger partial charge is 0.459 e. The summed E-state index contributed by atoms with van der Waals surface area (Å²) < 4.78 is 10.2. The maximum Gasteiger partial charge on any atom is 0.338 e. The fourth-order valence-corrected chi connectivity index (χ4v) is 1.69. The normalized spacial score (nSPS) is 9.76. The highest BCUT2D eigenvalue weighted by Crippen LogP contribution is 2.18. The first-order valence-electron chi connectivity index (χ1n) is 7.47. The van der Waals surface area contributed by atoms with Gasteiger partial charge in [0.25, 0.3) is 0 Å². The van der Waals surface area contributed by atoms with Gasteiger partial charge in [-0.25, -0.2) is 9.59 Å². The molecule has 25 heavy (non-hydrogen) atoms. The molecular formula is C17H18N4O4. The summed E-state index contributed by atoms with van der Waals surface area (Å²) in [7, 11) is 0. The predicted molar refractivity (Wildman–Crippen MR) is 89.8 cm³/mol. The average molecular weight is 342 g/mol. The number of nitrogens with one attached hydrogen (secondary N) is 1. The molecule has 0 atom stereocenters. The summed E-state index contributed by atoms with van der Waals surface area (Å²) in [6.07, 6.45) is -0.672. The monoisotopic (exact) mass is 342 g/mol. The second kappa shape index (κ2) is 9.04. The Balaban J connectivity index is 3.25. The zero-order valence-electron chi connectivity index (χ0n) is 14.4. The second-order valence-electron chi connectivity index (χ2n) is 5.50. The van der Waals surface area contributed by atoms with Gasteiger partial charge in [-0.15, -0.1) is 0 Å². The molecule has 1 aromatic rings. The van der Waals surface area contributed by atoms with E-state index in [1.165, 1.54) is 18.2 Å². The van der Waals surface area contributed by atoms with Gasteiger partial charge in [-0.2, -0.15) is 15.6 Å². The Labute approximate surface area is 145 Å². The molecule has 0 saturated carbocycles. The van der Waals surface area contributed by atoms with E-state index in [2.05, 4.69) is 10.5 Å². The number of nitriles is 2. The van der Waals surface area contributed by atoms with Crippen LogP contribution in [0.1, 0.15) is 48.4 Å². The molecule has 0 aliphatic carbocycles. The first kappa shape index (κ1) is 19.7. The lowest BCUT2D eigenvalue weighted by molar-refractivity contribution is 0.0377. The van der Waals surface area contributed by atoms with Crippen molar-refractivity contribution in [1.82, 2.24) is 0 Å². The number of esters is 2. The van der Waals surface area contributed by atoms with Crippen molar-refractivity contribution in [2.24, 2.45) is 5.10 Å². The first-order valence-corrected chi connectivity index (χ1v) is 7.47. The van der Waals surface area contributed by atoms with Crippen molar-refractivity contribution >= 4 is 23.3 Å². The van der Waals surface area contributed by atoms with Gasteiger partial charge in [0.2, 0.25) is 5.71 Å². The van der Waals surface area contributed by atoms with Gasteiger partial charge in [0.1, 0.15) is 12.1 Å². The van der Waals surface area contributed by atoms with Crippen LogP contribution in [0.25, 0.3) is 0 Å². The van der Waals surface area contributed by atoms with Crippen LogP contribution in [0.2, 0.25) is 0 Å². The molecule has 0 amide bonds. The van der Waals surface area contributed by atoms with Crippen molar-refractivity contribution in [2.75, 3.05) is 5.43 Å². The van der Waals surface area contributed by atoms with Gasteiger partial charge in [-0.3, -0.25) is 5.43 Å². The number of carbonyl (C=O) groups is 2. The molecule has 0 bridgehead atoms. The van der Waals surface area contributed by atoms with Crippen LogP contribution in [-0.4, -0.2) is 29.9 Å². The van der Waals surface area contributed by atoms with Gasteiger partial charge < -0.3 is 9.47 Å². The molecule has 130 valence electrons. The standard InChI is InChI=1S/C17H18N4O4/c1-10(2)24-16(22)12-5-13(17(23)25-11(3)4)7-14(6-12)20-21-15(8-18)9-19/h5-7,10-11,20H,1-4H3. The number of hydrogen-bond donors (Lipinski definition) is 1. The van der Waals surface area contributed by atoms with Gasteiger partial charge in [0, 0.05) is 0 Å². The average Bonchev–Trinajstić information content (AvgIpc) is 2.54. The number of hydrogen-bond acceptors (Lipinski definition) is 8. The van der Waals surface area contributed by atoms with Gasteiger partial charge >= 0.3 is 11.9 Å².